The fourth-order valence-corrected chi connectivity index (χ4v) is 4.87. The van der Waals surface area contributed by atoms with Crippen molar-refractivity contribution in [2.45, 2.75) is 32.6 Å². The molecule has 1 N–H and O–H groups in total. The Hall–Kier alpha value is -2.33. The van der Waals surface area contributed by atoms with Crippen molar-refractivity contribution in [1.29, 1.82) is 0 Å². The van der Waals surface area contributed by atoms with Crippen molar-refractivity contribution < 1.29 is 9.90 Å². The molecule has 0 saturated carbocycles. The van der Waals surface area contributed by atoms with Crippen molar-refractivity contribution in [3.63, 3.8) is 0 Å². The summed E-state index contributed by atoms with van der Waals surface area (Å²) in [5.74, 6) is 0.0647. The summed E-state index contributed by atoms with van der Waals surface area (Å²) in [7, 11) is 0. The molecule has 2 fully saturated rings. The van der Waals surface area contributed by atoms with Crippen LogP contribution in [-0.2, 0) is 6.42 Å². The van der Waals surface area contributed by atoms with Crippen LogP contribution in [0.5, 0.6) is 5.75 Å². The largest absolute Gasteiger partial charge is 0.507 e. The lowest BCUT2D eigenvalue weighted by Gasteiger charge is -2.40. The highest BCUT2D eigenvalue weighted by Gasteiger charge is 2.43. The molecule has 2 aliphatic heterocycles. The Labute approximate surface area is 167 Å². The third-order valence-corrected chi connectivity index (χ3v) is 6.41. The Balaban J connectivity index is 1.38. The number of amides is 1. The summed E-state index contributed by atoms with van der Waals surface area (Å²) in [6, 6.07) is 16.0. The molecular weight excluding hydrogens is 348 g/mol. The van der Waals surface area contributed by atoms with Gasteiger partial charge in [-0.15, -0.1) is 0 Å². The maximum Gasteiger partial charge on any atom is 0.257 e. The lowest BCUT2D eigenvalue weighted by Crippen LogP contribution is -2.46. The van der Waals surface area contributed by atoms with Crippen molar-refractivity contribution in [3.05, 3.63) is 65.2 Å². The van der Waals surface area contributed by atoms with E-state index in [2.05, 4.69) is 35.2 Å². The number of carbonyl (C=O) groups is 1. The Morgan fingerprint density at radius 3 is 2.68 bits per heavy atom. The SMILES string of the molecule is Cc1ccc(C(=O)N2CC[C@]3(CCCN(CCc4ccccc4)C3)C2)c(O)c1. The van der Waals surface area contributed by atoms with Gasteiger partial charge < -0.3 is 14.9 Å². The summed E-state index contributed by atoms with van der Waals surface area (Å²) in [6.45, 7) is 6.83. The number of phenolic OH excluding ortho intramolecular Hbond substituents is 1. The maximum absolute atomic E-state index is 12.9. The second kappa shape index (κ2) is 7.96. The van der Waals surface area contributed by atoms with Gasteiger partial charge in [0.25, 0.3) is 5.91 Å². The minimum Gasteiger partial charge on any atom is -0.507 e. The molecule has 1 amide bonds. The summed E-state index contributed by atoms with van der Waals surface area (Å²) in [4.78, 5) is 17.5. The third-order valence-electron chi connectivity index (χ3n) is 6.41. The molecule has 0 bridgehead atoms. The topological polar surface area (TPSA) is 43.8 Å². The fraction of sp³-hybridized carbons (Fsp3) is 0.458. The molecular formula is C24H30N2O2. The summed E-state index contributed by atoms with van der Waals surface area (Å²) < 4.78 is 0. The molecule has 1 spiro atoms. The predicted octanol–water partition coefficient (Wildman–Crippen LogP) is 3.87. The molecule has 148 valence electrons. The normalized spacial score (nSPS) is 22.7. The molecule has 2 heterocycles. The van der Waals surface area contributed by atoms with Gasteiger partial charge in [-0.2, -0.15) is 0 Å². The van der Waals surface area contributed by atoms with Crippen molar-refractivity contribution in [1.82, 2.24) is 9.80 Å². The monoisotopic (exact) mass is 378 g/mol. The molecule has 4 rings (SSSR count). The minimum atomic E-state index is -0.0317. The number of hydrogen-bond donors (Lipinski definition) is 1. The van der Waals surface area contributed by atoms with Crippen molar-refractivity contribution >= 4 is 5.91 Å². The molecule has 4 nitrogen and oxygen atoms in total. The van der Waals surface area contributed by atoms with E-state index in [0.717, 1.165) is 51.1 Å². The number of rotatable bonds is 4. The Morgan fingerprint density at radius 2 is 1.89 bits per heavy atom. The van der Waals surface area contributed by atoms with E-state index in [0.29, 0.717) is 5.56 Å². The molecule has 0 radical (unpaired) electrons. The number of carbonyl (C=O) groups excluding carboxylic acids is 1. The molecule has 2 saturated heterocycles. The lowest BCUT2D eigenvalue weighted by molar-refractivity contribution is 0.0690. The first kappa shape index (κ1) is 19.0. The highest BCUT2D eigenvalue weighted by Crippen LogP contribution is 2.40. The highest BCUT2D eigenvalue weighted by molar-refractivity contribution is 5.97. The number of piperidine rings is 1. The Morgan fingerprint density at radius 1 is 1.07 bits per heavy atom. The predicted molar refractivity (Wildman–Crippen MR) is 112 cm³/mol. The second-order valence-electron chi connectivity index (χ2n) is 8.61. The molecule has 2 aliphatic rings. The van der Waals surface area contributed by atoms with Gasteiger partial charge in [-0.3, -0.25) is 4.79 Å². The summed E-state index contributed by atoms with van der Waals surface area (Å²) in [5, 5.41) is 10.2. The quantitative estimate of drug-likeness (QED) is 0.878. The smallest absolute Gasteiger partial charge is 0.257 e. The van der Waals surface area contributed by atoms with Gasteiger partial charge in [0, 0.05) is 31.6 Å². The van der Waals surface area contributed by atoms with Crippen LogP contribution in [0.2, 0.25) is 0 Å². The van der Waals surface area contributed by atoms with Crippen LogP contribution in [-0.4, -0.2) is 53.5 Å². The fourth-order valence-electron chi connectivity index (χ4n) is 4.87. The number of hydrogen-bond acceptors (Lipinski definition) is 3. The van der Waals surface area contributed by atoms with Gasteiger partial charge in [0.1, 0.15) is 5.75 Å². The molecule has 28 heavy (non-hydrogen) atoms. The van der Waals surface area contributed by atoms with Crippen LogP contribution in [0.25, 0.3) is 0 Å². The average molecular weight is 379 g/mol. The van der Waals surface area contributed by atoms with Gasteiger partial charge in [0.05, 0.1) is 5.56 Å². The molecule has 0 aliphatic carbocycles. The highest BCUT2D eigenvalue weighted by atomic mass is 16.3. The lowest BCUT2D eigenvalue weighted by atomic mass is 9.79. The Kier molecular flexibility index (Phi) is 5.40. The van der Waals surface area contributed by atoms with Gasteiger partial charge >= 0.3 is 0 Å². The molecule has 0 unspecified atom stereocenters. The first-order valence-corrected chi connectivity index (χ1v) is 10.4. The minimum absolute atomic E-state index is 0.0317. The second-order valence-corrected chi connectivity index (χ2v) is 8.61. The zero-order valence-electron chi connectivity index (χ0n) is 16.7. The third kappa shape index (κ3) is 4.07. The van der Waals surface area contributed by atoms with Gasteiger partial charge in [0.15, 0.2) is 0 Å². The number of benzene rings is 2. The van der Waals surface area contributed by atoms with Crippen LogP contribution < -0.4 is 0 Å². The number of phenols is 1. The summed E-state index contributed by atoms with van der Waals surface area (Å²) in [6.07, 6.45) is 4.54. The van der Waals surface area contributed by atoms with E-state index in [9.17, 15) is 9.90 Å². The number of nitrogens with zero attached hydrogens (tertiary/aromatic N) is 2. The van der Waals surface area contributed by atoms with Crippen molar-refractivity contribution in [2.75, 3.05) is 32.7 Å². The molecule has 2 aromatic carbocycles. The molecule has 2 aromatic rings. The van der Waals surface area contributed by atoms with E-state index in [1.165, 1.54) is 18.4 Å². The Bertz CT molecular complexity index is 836. The van der Waals surface area contributed by atoms with E-state index >= 15 is 0 Å². The average Bonchev–Trinajstić information content (AvgIpc) is 3.10. The van der Waals surface area contributed by atoms with Gasteiger partial charge in [-0.05, 0) is 62.4 Å². The number of likely N-dealkylation sites (tertiary alicyclic amines) is 2. The molecule has 1 atom stereocenters. The van der Waals surface area contributed by atoms with E-state index < -0.39 is 0 Å². The van der Waals surface area contributed by atoms with Gasteiger partial charge in [0.2, 0.25) is 0 Å². The number of aryl methyl sites for hydroxylation is 1. The van der Waals surface area contributed by atoms with Gasteiger partial charge in [-0.1, -0.05) is 36.4 Å². The molecule has 0 aromatic heterocycles. The standard InChI is InChI=1S/C24H30N2O2/c1-19-8-9-21(22(27)16-19)23(28)26-15-12-24(18-26)11-5-13-25(17-24)14-10-20-6-3-2-4-7-20/h2-4,6-9,16,27H,5,10-15,17-18H2,1H3/t24-/m0/s1. The van der Waals surface area contributed by atoms with Crippen LogP contribution >= 0.6 is 0 Å². The van der Waals surface area contributed by atoms with Crippen molar-refractivity contribution in [2.24, 2.45) is 5.41 Å². The first-order valence-electron chi connectivity index (χ1n) is 10.4. The van der Waals surface area contributed by atoms with Crippen LogP contribution in [0.4, 0.5) is 0 Å². The van der Waals surface area contributed by atoms with Crippen LogP contribution in [0.1, 0.15) is 40.7 Å². The van der Waals surface area contributed by atoms with Crippen LogP contribution in [0.15, 0.2) is 48.5 Å². The molecule has 4 heteroatoms. The van der Waals surface area contributed by atoms with Crippen LogP contribution in [0.3, 0.4) is 0 Å². The summed E-state index contributed by atoms with van der Waals surface area (Å²) >= 11 is 0. The van der Waals surface area contributed by atoms with E-state index in [-0.39, 0.29) is 17.1 Å². The number of aromatic hydroxyl groups is 1. The van der Waals surface area contributed by atoms with Crippen LogP contribution in [0, 0.1) is 12.3 Å². The summed E-state index contributed by atoms with van der Waals surface area (Å²) in [5.41, 5.74) is 3.00. The van der Waals surface area contributed by atoms with E-state index in [1.807, 2.05) is 17.9 Å². The zero-order valence-corrected chi connectivity index (χ0v) is 16.7. The maximum atomic E-state index is 12.9. The zero-order chi connectivity index (χ0) is 19.6. The van der Waals surface area contributed by atoms with E-state index in [1.54, 1.807) is 12.1 Å². The van der Waals surface area contributed by atoms with Gasteiger partial charge in [-0.25, -0.2) is 0 Å². The first-order chi connectivity index (χ1) is 13.5. The van der Waals surface area contributed by atoms with E-state index in [4.69, 9.17) is 0 Å². The van der Waals surface area contributed by atoms with Crippen molar-refractivity contribution in [3.8, 4) is 5.75 Å².